The minimum Gasteiger partial charge on any atom is -0.377 e. The van der Waals surface area contributed by atoms with Crippen molar-refractivity contribution >= 4 is 24.0 Å². The number of likely N-dealkylation sites (N-methyl/N-ethyl adjacent to an activating group) is 1. The number of nitrogens with zero attached hydrogens (tertiary/aromatic N) is 2. The molecule has 0 radical (unpaired) electrons. The lowest BCUT2D eigenvalue weighted by Gasteiger charge is -2.13. The van der Waals surface area contributed by atoms with Crippen LogP contribution in [0, 0.1) is 11.3 Å². The van der Waals surface area contributed by atoms with Gasteiger partial charge in [-0.25, -0.2) is 0 Å². The minimum absolute atomic E-state index is 0. The molecular formula is C7H9IN2. The SMILES string of the molecule is CN1C=CC(C#N)=CC1.I. The second kappa shape index (κ2) is 4.34. The highest BCUT2D eigenvalue weighted by Crippen LogP contribution is 2.02. The summed E-state index contributed by atoms with van der Waals surface area (Å²) in [5, 5.41) is 8.39. The zero-order valence-electron chi connectivity index (χ0n) is 5.74. The molecule has 0 N–H and O–H groups in total. The van der Waals surface area contributed by atoms with Crippen LogP contribution in [0.4, 0.5) is 0 Å². The fourth-order valence-electron chi connectivity index (χ4n) is 0.662. The summed E-state index contributed by atoms with van der Waals surface area (Å²) in [6, 6.07) is 2.07. The Kier molecular flexibility index (Phi) is 4.12. The smallest absolute Gasteiger partial charge is 0.0989 e. The van der Waals surface area contributed by atoms with Crippen LogP contribution in [0.2, 0.25) is 0 Å². The van der Waals surface area contributed by atoms with Crippen molar-refractivity contribution in [2.75, 3.05) is 13.6 Å². The minimum atomic E-state index is 0. The highest BCUT2D eigenvalue weighted by Gasteiger charge is 1.96. The molecule has 1 aliphatic rings. The van der Waals surface area contributed by atoms with Crippen LogP contribution in [-0.2, 0) is 0 Å². The van der Waals surface area contributed by atoms with E-state index in [1.54, 1.807) is 0 Å². The van der Waals surface area contributed by atoms with E-state index in [0.717, 1.165) is 12.1 Å². The van der Waals surface area contributed by atoms with Gasteiger partial charge in [0.2, 0.25) is 0 Å². The Bertz CT molecular complexity index is 200. The van der Waals surface area contributed by atoms with Gasteiger partial charge in [0.15, 0.2) is 0 Å². The second-order valence-corrected chi connectivity index (χ2v) is 2.03. The van der Waals surface area contributed by atoms with Crippen LogP contribution in [0.3, 0.4) is 0 Å². The number of allylic oxidation sites excluding steroid dienone is 2. The molecule has 0 aromatic heterocycles. The molecule has 0 aromatic rings. The van der Waals surface area contributed by atoms with Crippen LogP contribution in [-0.4, -0.2) is 18.5 Å². The van der Waals surface area contributed by atoms with Gasteiger partial charge in [-0.15, -0.1) is 24.0 Å². The van der Waals surface area contributed by atoms with E-state index in [9.17, 15) is 0 Å². The summed E-state index contributed by atoms with van der Waals surface area (Å²) in [7, 11) is 1.97. The van der Waals surface area contributed by atoms with Crippen LogP contribution in [0.1, 0.15) is 0 Å². The molecule has 3 heteroatoms. The Hall–Kier alpha value is -0.500. The average Bonchev–Trinajstić information content (AvgIpc) is 1.90. The van der Waals surface area contributed by atoms with Crippen molar-refractivity contribution < 1.29 is 0 Å². The predicted octanol–water partition coefficient (Wildman–Crippen LogP) is 1.51. The molecule has 0 aromatic carbocycles. The van der Waals surface area contributed by atoms with Gasteiger partial charge in [0, 0.05) is 19.8 Å². The molecule has 0 amide bonds. The van der Waals surface area contributed by atoms with Crippen LogP contribution in [0.15, 0.2) is 23.9 Å². The van der Waals surface area contributed by atoms with Crippen molar-refractivity contribution in [2.45, 2.75) is 0 Å². The van der Waals surface area contributed by atoms with Crippen molar-refractivity contribution in [3.63, 3.8) is 0 Å². The zero-order valence-corrected chi connectivity index (χ0v) is 8.07. The van der Waals surface area contributed by atoms with E-state index < -0.39 is 0 Å². The third kappa shape index (κ3) is 2.40. The maximum atomic E-state index is 8.39. The fourth-order valence-corrected chi connectivity index (χ4v) is 0.662. The van der Waals surface area contributed by atoms with Crippen molar-refractivity contribution in [1.82, 2.24) is 4.90 Å². The number of rotatable bonds is 0. The zero-order chi connectivity index (χ0) is 6.69. The fraction of sp³-hybridized carbons (Fsp3) is 0.286. The highest BCUT2D eigenvalue weighted by molar-refractivity contribution is 14.0. The first kappa shape index (κ1) is 9.50. The number of halogens is 1. The topological polar surface area (TPSA) is 27.0 Å². The Morgan fingerprint density at radius 3 is 2.80 bits per heavy atom. The van der Waals surface area contributed by atoms with Gasteiger partial charge in [0.05, 0.1) is 11.6 Å². The molecular weight excluding hydrogens is 239 g/mol. The van der Waals surface area contributed by atoms with Gasteiger partial charge in [0.25, 0.3) is 0 Å². The van der Waals surface area contributed by atoms with Crippen molar-refractivity contribution in [1.29, 1.82) is 5.26 Å². The van der Waals surface area contributed by atoms with Gasteiger partial charge in [-0.2, -0.15) is 5.26 Å². The highest BCUT2D eigenvalue weighted by atomic mass is 127. The van der Waals surface area contributed by atoms with Crippen molar-refractivity contribution in [2.24, 2.45) is 0 Å². The third-order valence-corrected chi connectivity index (χ3v) is 1.24. The Balaban J connectivity index is 0.000000810. The van der Waals surface area contributed by atoms with E-state index in [1.165, 1.54) is 0 Å². The molecule has 0 aliphatic carbocycles. The average molecular weight is 248 g/mol. The summed E-state index contributed by atoms with van der Waals surface area (Å²) in [6.07, 6.45) is 5.61. The molecule has 10 heavy (non-hydrogen) atoms. The van der Waals surface area contributed by atoms with E-state index in [1.807, 2.05) is 30.3 Å². The second-order valence-electron chi connectivity index (χ2n) is 2.03. The van der Waals surface area contributed by atoms with Gasteiger partial charge in [-0.1, -0.05) is 0 Å². The van der Waals surface area contributed by atoms with Crippen LogP contribution < -0.4 is 0 Å². The molecule has 54 valence electrons. The number of nitriles is 1. The van der Waals surface area contributed by atoms with Crippen molar-refractivity contribution in [3.8, 4) is 6.07 Å². The van der Waals surface area contributed by atoms with E-state index in [2.05, 4.69) is 6.07 Å². The largest absolute Gasteiger partial charge is 0.377 e. The third-order valence-electron chi connectivity index (χ3n) is 1.24. The molecule has 2 nitrogen and oxygen atoms in total. The Morgan fingerprint density at radius 1 is 1.70 bits per heavy atom. The van der Waals surface area contributed by atoms with E-state index in [4.69, 9.17) is 5.26 Å². The first-order valence-electron chi connectivity index (χ1n) is 2.81. The standard InChI is InChI=1S/C7H8N2.HI/c1-9-4-2-7(6-8)3-5-9;/h2-4H,5H2,1H3;1H. The first-order chi connectivity index (χ1) is 4.33. The van der Waals surface area contributed by atoms with Crippen LogP contribution in [0.25, 0.3) is 0 Å². The summed E-state index contributed by atoms with van der Waals surface area (Å²) in [5.41, 5.74) is 0.758. The molecule has 0 bridgehead atoms. The quantitative estimate of drug-likeness (QED) is 0.607. The van der Waals surface area contributed by atoms with Gasteiger partial charge in [-0.3, -0.25) is 0 Å². The van der Waals surface area contributed by atoms with Gasteiger partial charge in [-0.05, 0) is 12.2 Å². The maximum Gasteiger partial charge on any atom is 0.0989 e. The lowest BCUT2D eigenvalue weighted by atomic mass is 10.2. The van der Waals surface area contributed by atoms with Crippen LogP contribution in [0.5, 0.6) is 0 Å². The van der Waals surface area contributed by atoms with E-state index in [-0.39, 0.29) is 24.0 Å². The molecule has 0 fully saturated rings. The number of hydrogen-bond donors (Lipinski definition) is 0. The predicted molar refractivity (Wildman–Crippen MR) is 50.9 cm³/mol. The lowest BCUT2D eigenvalue weighted by Crippen LogP contribution is -2.12. The molecule has 1 rings (SSSR count). The Labute approximate surface area is 77.8 Å². The monoisotopic (exact) mass is 248 g/mol. The molecule has 0 saturated carbocycles. The van der Waals surface area contributed by atoms with Crippen LogP contribution >= 0.6 is 24.0 Å². The van der Waals surface area contributed by atoms with Gasteiger partial charge >= 0.3 is 0 Å². The van der Waals surface area contributed by atoms with E-state index >= 15 is 0 Å². The Morgan fingerprint density at radius 2 is 2.40 bits per heavy atom. The molecule has 1 heterocycles. The molecule has 0 unspecified atom stereocenters. The molecule has 0 saturated heterocycles. The summed E-state index contributed by atoms with van der Waals surface area (Å²) in [4.78, 5) is 2.01. The lowest BCUT2D eigenvalue weighted by molar-refractivity contribution is 0.503. The number of hydrogen-bond acceptors (Lipinski definition) is 2. The van der Waals surface area contributed by atoms with Crippen molar-refractivity contribution in [3.05, 3.63) is 23.9 Å². The summed E-state index contributed by atoms with van der Waals surface area (Å²) >= 11 is 0. The van der Waals surface area contributed by atoms with Gasteiger partial charge < -0.3 is 4.90 Å². The maximum absolute atomic E-state index is 8.39. The molecule has 0 atom stereocenters. The first-order valence-corrected chi connectivity index (χ1v) is 2.81. The molecule has 1 aliphatic heterocycles. The summed E-state index contributed by atoms with van der Waals surface area (Å²) < 4.78 is 0. The van der Waals surface area contributed by atoms with Gasteiger partial charge in [0.1, 0.15) is 0 Å². The summed E-state index contributed by atoms with van der Waals surface area (Å²) in [6.45, 7) is 0.847. The normalized spacial score (nSPS) is 15.2. The van der Waals surface area contributed by atoms with E-state index in [0.29, 0.717) is 0 Å². The summed E-state index contributed by atoms with van der Waals surface area (Å²) in [5.74, 6) is 0. The molecule has 0 spiro atoms.